The van der Waals surface area contributed by atoms with Gasteiger partial charge >= 0.3 is 5.82 Å². The fourth-order valence-corrected chi connectivity index (χ4v) is 1.37. The Morgan fingerprint density at radius 3 is 3.00 bits per heavy atom. The van der Waals surface area contributed by atoms with Crippen LogP contribution in [0.2, 0.25) is 0 Å². The van der Waals surface area contributed by atoms with Crippen molar-refractivity contribution in [1.82, 2.24) is 9.55 Å². The molecule has 0 fully saturated rings. The van der Waals surface area contributed by atoms with Crippen LogP contribution in [0, 0.1) is 17.0 Å². The molecular formula is C7H10IN3O3. The number of aryl methyl sites for hydroxylation is 1. The first-order chi connectivity index (χ1) is 6.56. The van der Waals surface area contributed by atoms with Crippen molar-refractivity contribution in [3.05, 3.63) is 22.1 Å². The number of hydrogen-bond donors (Lipinski definition) is 1. The Morgan fingerprint density at radius 1 is 1.86 bits per heavy atom. The van der Waals surface area contributed by atoms with Crippen LogP contribution in [-0.2, 0) is 6.54 Å². The average Bonchev–Trinajstić information content (AvgIpc) is 2.48. The van der Waals surface area contributed by atoms with Gasteiger partial charge in [-0.05, 0) is 4.92 Å². The molecular weight excluding hydrogens is 301 g/mol. The maximum absolute atomic E-state index is 10.6. The fourth-order valence-electron chi connectivity index (χ4n) is 1.09. The number of halogens is 1. The topological polar surface area (TPSA) is 81.2 Å². The molecule has 0 aliphatic rings. The lowest BCUT2D eigenvalue weighted by molar-refractivity contribution is -0.392. The first-order valence-electron chi connectivity index (χ1n) is 3.96. The zero-order chi connectivity index (χ0) is 10.7. The van der Waals surface area contributed by atoms with Gasteiger partial charge in [0.2, 0.25) is 0 Å². The van der Waals surface area contributed by atoms with Crippen LogP contribution in [0.25, 0.3) is 0 Å². The lowest BCUT2D eigenvalue weighted by atomic mass is 10.4. The normalized spacial score (nSPS) is 12.8. The second kappa shape index (κ2) is 4.69. The van der Waals surface area contributed by atoms with Gasteiger partial charge in [-0.1, -0.05) is 22.6 Å². The number of rotatable bonds is 4. The van der Waals surface area contributed by atoms with E-state index in [-0.39, 0.29) is 12.4 Å². The van der Waals surface area contributed by atoms with E-state index in [0.717, 1.165) is 0 Å². The van der Waals surface area contributed by atoms with Crippen molar-refractivity contribution >= 4 is 28.4 Å². The first kappa shape index (κ1) is 11.4. The second-order valence-electron chi connectivity index (χ2n) is 2.84. The number of aliphatic hydroxyl groups excluding tert-OH is 1. The Balaban J connectivity index is 2.93. The Hall–Kier alpha value is -0.700. The van der Waals surface area contributed by atoms with E-state index in [9.17, 15) is 15.2 Å². The molecule has 0 spiro atoms. The maximum atomic E-state index is 10.6. The van der Waals surface area contributed by atoms with E-state index in [0.29, 0.717) is 10.3 Å². The molecule has 1 atom stereocenters. The SMILES string of the molecule is Cc1ncc([N+](=O)[O-])n1CC(O)CI. The fraction of sp³-hybridized carbons (Fsp3) is 0.571. The summed E-state index contributed by atoms with van der Waals surface area (Å²) in [6.07, 6.45) is 0.622. The Kier molecular flexibility index (Phi) is 3.81. The molecule has 1 heterocycles. The molecule has 78 valence electrons. The number of alkyl halides is 1. The number of aliphatic hydroxyl groups is 1. The largest absolute Gasteiger partial charge is 0.388 e. The monoisotopic (exact) mass is 311 g/mol. The van der Waals surface area contributed by atoms with Crippen LogP contribution in [0.1, 0.15) is 5.82 Å². The number of aromatic nitrogens is 2. The highest BCUT2D eigenvalue weighted by molar-refractivity contribution is 14.1. The molecule has 1 rings (SSSR count). The number of nitro groups is 1. The highest BCUT2D eigenvalue weighted by atomic mass is 127. The Labute approximate surface area is 94.2 Å². The minimum atomic E-state index is -0.581. The summed E-state index contributed by atoms with van der Waals surface area (Å²) in [6, 6.07) is 0. The van der Waals surface area contributed by atoms with Gasteiger partial charge in [0.05, 0.1) is 0 Å². The summed E-state index contributed by atoms with van der Waals surface area (Å²) in [4.78, 5) is 13.9. The molecule has 0 radical (unpaired) electrons. The predicted octanol–water partition coefficient (Wildman–Crippen LogP) is 0.896. The second-order valence-corrected chi connectivity index (χ2v) is 3.72. The summed E-state index contributed by atoms with van der Waals surface area (Å²) < 4.78 is 1.94. The molecule has 7 heteroatoms. The molecule has 1 aromatic rings. The Bertz CT molecular complexity index is 339. The molecule has 0 bridgehead atoms. The van der Waals surface area contributed by atoms with Crippen LogP contribution in [0.3, 0.4) is 0 Å². The van der Waals surface area contributed by atoms with Crippen molar-refractivity contribution in [2.45, 2.75) is 19.6 Å². The average molecular weight is 311 g/mol. The van der Waals surface area contributed by atoms with Crippen LogP contribution < -0.4 is 0 Å². The smallest absolute Gasteiger partial charge is 0.342 e. The molecule has 0 aliphatic carbocycles. The summed E-state index contributed by atoms with van der Waals surface area (Å²) in [6.45, 7) is 1.89. The van der Waals surface area contributed by atoms with Gasteiger partial charge in [0.25, 0.3) is 0 Å². The van der Waals surface area contributed by atoms with Crippen molar-refractivity contribution in [2.24, 2.45) is 0 Å². The molecule has 0 amide bonds. The molecule has 0 saturated heterocycles. The Morgan fingerprint density at radius 2 is 2.50 bits per heavy atom. The van der Waals surface area contributed by atoms with Gasteiger partial charge in [-0.15, -0.1) is 0 Å². The summed E-state index contributed by atoms with van der Waals surface area (Å²) in [5.41, 5.74) is 0. The zero-order valence-electron chi connectivity index (χ0n) is 7.55. The van der Waals surface area contributed by atoms with Crippen LogP contribution >= 0.6 is 22.6 Å². The standard InChI is InChI=1S/C7H10IN3O3/c1-5-9-3-7(11(13)14)10(5)4-6(12)2-8/h3,6,12H,2,4H2,1H3. The van der Waals surface area contributed by atoms with Gasteiger partial charge in [0.15, 0.2) is 5.82 Å². The van der Waals surface area contributed by atoms with Crippen LogP contribution in [-0.4, -0.2) is 30.1 Å². The molecule has 0 aliphatic heterocycles. The van der Waals surface area contributed by atoms with Gasteiger partial charge in [-0.3, -0.25) is 0 Å². The highest BCUT2D eigenvalue weighted by Crippen LogP contribution is 2.14. The van der Waals surface area contributed by atoms with Crippen molar-refractivity contribution in [1.29, 1.82) is 0 Å². The zero-order valence-corrected chi connectivity index (χ0v) is 9.71. The minimum absolute atomic E-state index is 0.0774. The van der Waals surface area contributed by atoms with E-state index in [1.807, 2.05) is 22.6 Å². The lowest BCUT2D eigenvalue weighted by Crippen LogP contribution is -2.19. The van der Waals surface area contributed by atoms with E-state index >= 15 is 0 Å². The maximum Gasteiger partial charge on any atom is 0.342 e. The molecule has 14 heavy (non-hydrogen) atoms. The molecule has 1 aromatic heterocycles. The van der Waals surface area contributed by atoms with Gasteiger partial charge in [0.1, 0.15) is 18.8 Å². The minimum Gasteiger partial charge on any atom is -0.388 e. The highest BCUT2D eigenvalue weighted by Gasteiger charge is 2.19. The van der Waals surface area contributed by atoms with E-state index in [2.05, 4.69) is 4.98 Å². The number of nitrogens with zero attached hydrogens (tertiary/aromatic N) is 3. The van der Waals surface area contributed by atoms with Crippen LogP contribution in [0.15, 0.2) is 6.20 Å². The van der Waals surface area contributed by atoms with Crippen molar-refractivity contribution in [3.8, 4) is 0 Å². The van der Waals surface area contributed by atoms with Gasteiger partial charge in [0, 0.05) is 11.4 Å². The lowest BCUT2D eigenvalue weighted by Gasteiger charge is -2.06. The molecule has 0 aromatic carbocycles. The van der Waals surface area contributed by atoms with E-state index in [4.69, 9.17) is 0 Å². The summed E-state index contributed by atoms with van der Waals surface area (Å²) >= 11 is 2.03. The molecule has 6 nitrogen and oxygen atoms in total. The van der Waals surface area contributed by atoms with Gasteiger partial charge < -0.3 is 15.2 Å². The third-order valence-electron chi connectivity index (χ3n) is 1.79. The van der Waals surface area contributed by atoms with Crippen LogP contribution in [0.4, 0.5) is 5.82 Å². The number of hydrogen-bond acceptors (Lipinski definition) is 4. The van der Waals surface area contributed by atoms with Crippen molar-refractivity contribution in [3.63, 3.8) is 0 Å². The summed E-state index contributed by atoms with van der Waals surface area (Å²) in [5.74, 6) is 0.465. The number of imidazole rings is 1. The van der Waals surface area contributed by atoms with Gasteiger partial charge in [-0.2, -0.15) is 0 Å². The molecule has 1 unspecified atom stereocenters. The molecule has 0 saturated carbocycles. The van der Waals surface area contributed by atoms with E-state index in [1.54, 1.807) is 6.92 Å². The third kappa shape index (κ3) is 2.41. The van der Waals surface area contributed by atoms with Crippen LogP contribution in [0.5, 0.6) is 0 Å². The van der Waals surface area contributed by atoms with E-state index < -0.39 is 11.0 Å². The summed E-state index contributed by atoms with van der Waals surface area (Å²) in [7, 11) is 0. The predicted molar refractivity (Wildman–Crippen MR) is 58.5 cm³/mol. The molecule has 1 N–H and O–H groups in total. The van der Waals surface area contributed by atoms with Gasteiger partial charge in [-0.25, -0.2) is 9.55 Å². The van der Waals surface area contributed by atoms with Crippen molar-refractivity contribution in [2.75, 3.05) is 4.43 Å². The third-order valence-corrected chi connectivity index (χ3v) is 2.81. The summed E-state index contributed by atoms with van der Waals surface area (Å²) in [5, 5.41) is 19.9. The van der Waals surface area contributed by atoms with Crippen molar-refractivity contribution < 1.29 is 10.0 Å². The van der Waals surface area contributed by atoms with E-state index in [1.165, 1.54) is 10.8 Å². The first-order valence-corrected chi connectivity index (χ1v) is 5.49. The quantitative estimate of drug-likeness (QED) is 0.388.